The first-order chi connectivity index (χ1) is 11.1. The second kappa shape index (κ2) is 6.78. The molecule has 7 nitrogen and oxygen atoms in total. The largest absolute Gasteiger partial charge is 0.480 e. The van der Waals surface area contributed by atoms with Gasteiger partial charge in [-0.2, -0.15) is 0 Å². The van der Waals surface area contributed by atoms with Gasteiger partial charge in [0.1, 0.15) is 17.9 Å². The first kappa shape index (κ1) is 15.5. The van der Waals surface area contributed by atoms with Crippen LogP contribution in [0.25, 0.3) is 11.0 Å². The van der Waals surface area contributed by atoms with Crippen LogP contribution in [-0.4, -0.2) is 58.2 Å². The summed E-state index contributed by atoms with van der Waals surface area (Å²) in [5.41, 5.74) is 1.27. The number of rotatable bonds is 5. The van der Waals surface area contributed by atoms with Crippen molar-refractivity contribution in [3.05, 3.63) is 30.1 Å². The van der Waals surface area contributed by atoms with Gasteiger partial charge in [0.15, 0.2) is 0 Å². The molecule has 1 aliphatic heterocycles. The Kier molecular flexibility index (Phi) is 4.57. The molecule has 0 aliphatic carbocycles. The van der Waals surface area contributed by atoms with Crippen LogP contribution < -0.4 is 0 Å². The Labute approximate surface area is 133 Å². The molecular weight excluding hydrogens is 298 g/mol. The van der Waals surface area contributed by atoms with Crippen molar-refractivity contribution in [1.29, 1.82) is 0 Å². The van der Waals surface area contributed by atoms with E-state index in [9.17, 15) is 9.59 Å². The van der Waals surface area contributed by atoms with Crippen LogP contribution in [-0.2, 0) is 9.53 Å². The zero-order valence-corrected chi connectivity index (χ0v) is 12.7. The molecule has 3 heterocycles. The highest BCUT2D eigenvalue weighted by molar-refractivity contribution is 5.97. The number of carboxylic acid groups (broad SMARTS) is 1. The van der Waals surface area contributed by atoms with Gasteiger partial charge in [-0.15, -0.1) is 0 Å². The van der Waals surface area contributed by atoms with E-state index in [4.69, 9.17) is 9.84 Å². The maximum atomic E-state index is 12.5. The van der Waals surface area contributed by atoms with Crippen molar-refractivity contribution < 1.29 is 19.4 Å². The Morgan fingerprint density at radius 1 is 1.39 bits per heavy atom. The van der Waals surface area contributed by atoms with Crippen molar-refractivity contribution >= 4 is 22.9 Å². The molecule has 0 spiro atoms. The summed E-state index contributed by atoms with van der Waals surface area (Å²) in [5.74, 6) is -0.666. The minimum atomic E-state index is -0.954. The van der Waals surface area contributed by atoms with Crippen molar-refractivity contribution in [3.63, 3.8) is 0 Å². The smallest absolute Gasteiger partial charge is 0.329 e. The number of pyridine rings is 1. The van der Waals surface area contributed by atoms with Gasteiger partial charge in [-0.25, -0.2) is 9.78 Å². The fraction of sp³-hybridized carbons (Fsp3) is 0.438. The number of nitrogens with one attached hydrogen (secondary N) is 1. The van der Waals surface area contributed by atoms with Crippen LogP contribution in [0.15, 0.2) is 24.4 Å². The SMILES string of the molecule is O=C(O)COCC1CCN(C(=O)c2cc3cccnc3[nH]2)CC1. The summed E-state index contributed by atoms with van der Waals surface area (Å²) in [7, 11) is 0. The lowest BCUT2D eigenvalue weighted by Crippen LogP contribution is -2.39. The average molecular weight is 317 g/mol. The monoisotopic (exact) mass is 317 g/mol. The number of likely N-dealkylation sites (tertiary alicyclic amines) is 1. The van der Waals surface area contributed by atoms with Crippen molar-refractivity contribution in [2.75, 3.05) is 26.3 Å². The highest BCUT2D eigenvalue weighted by Gasteiger charge is 2.24. The van der Waals surface area contributed by atoms with Crippen LogP contribution in [0.5, 0.6) is 0 Å². The highest BCUT2D eigenvalue weighted by Crippen LogP contribution is 2.20. The molecule has 0 unspecified atom stereocenters. The van der Waals surface area contributed by atoms with E-state index in [-0.39, 0.29) is 12.5 Å². The fourth-order valence-corrected chi connectivity index (χ4v) is 2.86. The molecule has 1 aliphatic rings. The number of amides is 1. The molecule has 2 aromatic rings. The number of fused-ring (bicyclic) bond motifs is 1. The van der Waals surface area contributed by atoms with E-state index in [1.54, 1.807) is 6.20 Å². The van der Waals surface area contributed by atoms with Crippen molar-refractivity contribution in [3.8, 4) is 0 Å². The predicted molar refractivity (Wildman–Crippen MR) is 83.2 cm³/mol. The Hall–Kier alpha value is -2.41. The number of piperidine rings is 1. The van der Waals surface area contributed by atoms with E-state index in [0.717, 1.165) is 18.2 Å². The minimum Gasteiger partial charge on any atom is -0.480 e. The zero-order chi connectivity index (χ0) is 16.2. The van der Waals surface area contributed by atoms with Gasteiger partial charge in [0, 0.05) is 24.7 Å². The van der Waals surface area contributed by atoms with E-state index < -0.39 is 5.97 Å². The molecule has 1 amide bonds. The van der Waals surface area contributed by atoms with Gasteiger partial charge in [0.2, 0.25) is 0 Å². The van der Waals surface area contributed by atoms with Crippen LogP contribution in [0.1, 0.15) is 23.3 Å². The third-order valence-corrected chi connectivity index (χ3v) is 4.10. The molecule has 0 bridgehead atoms. The molecule has 1 fully saturated rings. The number of aromatic nitrogens is 2. The van der Waals surface area contributed by atoms with Crippen LogP contribution in [0.4, 0.5) is 0 Å². The lowest BCUT2D eigenvalue weighted by molar-refractivity contribution is -0.142. The summed E-state index contributed by atoms with van der Waals surface area (Å²) < 4.78 is 5.14. The van der Waals surface area contributed by atoms with E-state index in [2.05, 4.69) is 9.97 Å². The number of nitrogens with zero attached hydrogens (tertiary/aromatic N) is 2. The van der Waals surface area contributed by atoms with Crippen LogP contribution in [0.3, 0.4) is 0 Å². The lowest BCUT2D eigenvalue weighted by Gasteiger charge is -2.31. The summed E-state index contributed by atoms with van der Waals surface area (Å²) in [5, 5.41) is 9.48. The number of carbonyl (C=O) groups is 2. The molecule has 2 aromatic heterocycles. The van der Waals surface area contributed by atoms with E-state index >= 15 is 0 Å². The second-order valence-corrected chi connectivity index (χ2v) is 5.77. The summed E-state index contributed by atoms with van der Waals surface area (Å²) in [6.45, 7) is 1.48. The van der Waals surface area contributed by atoms with Gasteiger partial charge < -0.3 is 19.7 Å². The first-order valence-corrected chi connectivity index (χ1v) is 7.66. The van der Waals surface area contributed by atoms with Crippen molar-refractivity contribution in [1.82, 2.24) is 14.9 Å². The van der Waals surface area contributed by atoms with Crippen LogP contribution in [0.2, 0.25) is 0 Å². The topological polar surface area (TPSA) is 95.5 Å². The standard InChI is InChI=1S/C16H19N3O4/c20-14(21)10-23-9-11-3-6-19(7-4-11)16(22)13-8-12-2-1-5-17-15(12)18-13/h1-2,5,8,11H,3-4,6-7,9-10H2,(H,17,18)(H,20,21). The molecule has 0 atom stereocenters. The van der Waals surface area contributed by atoms with Gasteiger partial charge in [-0.05, 0) is 37.0 Å². The predicted octanol–water partition coefficient (Wildman–Crippen LogP) is 1.52. The third-order valence-electron chi connectivity index (χ3n) is 4.10. The number of hydrogen-bond donors (Lipinski definition) is 2. The number of ether oxygens (including phenoxy) is 1. The van der Waals surface area contributed by atoms with Crippen molar-refractivity contribution in [2.45, 2.75) is 12.8 Å². The summed E-state index contributed by atoms with van der Waals surface area (Å²) in [6, 6.07) is 5.58. The van der Waals surface area contributed by atoms with Gasteiger partial charge in [0.25, 0.3) is 5.91 Å². The molecule has 122 valence electrons. The number of H-pyrrole nitrogens is 1. The normalized spacial score (nSPS) is 15.9. The molecule has 23 heavy (non-hydrogen) atoms. The van der Waals surface area contributed by atoms with E-state index in [1.807, 2.05) is 23.1 Å². The molecule has 2 N–H and O–H groups in total. The third kappa shape index (κ3) is 3.68. The van der Waals surface area contributed by atoms with E-state index in [0.29, 0.717) is 37.0 Å². The van der Waals surface area contributed by atoms with Gasteiger partial charge in [0.05, 0.1) is 6.61 Å². The van der Waals surface area contributed by atoms with Gasteiger partial charge in [-0.1, -0.05) is 0 Å². The average Bonchev–Trinajstić information content (AvgIpc) is 2.98. The molecule has 0 aromatic carbocycles. The van der Waals surface area contributed by atoms with Crippen molar-refractivity contribution in [2.24, 2.45) is 5.92 Å². The summed E-state index contributed by atoms with van der Waals surface area (Å²) >= 11 is 0. The van der Waals surface area contributed by atoms with Gasteiger partial charge in [-0.3, -0.25) is 4.79 Å². The lowest BCUT2D eigenvalue weighted by atomic mass is 9.97. The zero-order valence-electron chi connectivity index (χ0n) is 12.7. The van der Waals surface area contributed by atoms with Crippen LogP contribution >= 0.6 is 0 Å². The molecule has 3 rings (SSSR count). The summed E-state index contributed by atoms with van der Waals surface area (Å²) in [6.07, 6.45) is 3.34. The maximum absolute atomic E-state index is 12.5. The summed E-state index contributed by atoms with van der Waals surface area (Å²) in [4.78, 5) is 32.0. The number of carbonyl (C=O) groups excluding carboxylic acids is 1. The van der Waals surface area contributed by atoms with Gasteiger partial charge >= 0.3 is 5.97 Å². The molecule has 0 radical (unpaired) electrons. The Bertz CT molecular complexity index is 671. The number of aliphatic carboxylic acids is 1. The molecular formula is C16H19N3O4. The number of carboxylic acids is 1. The Morgan fingerprint density at radius 3 is 2.87 bits per heavy atom. The number of aromatic amines is 1. The second-order valence-electron chi connectivity index (χ2n) is 5.77. The highest BCUT2D eigenvalue weighted by atomic mass is 16.5. The first-order valence-electron chi connectivity index (χ1n) is 7.66. The maximum Gasteiger partial charge on any atom is 0.329 e. The Balaban J connectivity index is 1.54. The molecule has 7 heteroatoms. The fourth-order valence-electron chi connectivity index (χ4n) is 2.86. The molecule has 0 saturated carbocycles. The minimum absolute atomic E-state index is 0.0205. The quantitative estimate of drug-likeness (QED) is 0.871. The Morgan fingerprint density at radius 2 is 2.17 bits per heavy atom. The van der Waals surface area contributed by atoms with E-state index in [1.165, 1.54) is 0 Å². The van der Waals surface area contributed by atoms with Crippen LogP contribution in [0, 0.1) is 5.92 Å². The number of hydrogen-bond acceptors (Lipinski definition) is 4. The molecule has 1 saturated heterocycles.